The average Bonchev–Trinajstić information content (AvgIpc) is 2.50. The number of hydrogen-bond acceptors (Lipinski definition) is 3. The second kappa shape index (κ2) is 11.7. The summed E-state index contributed by atoms with van der Waals surface area (Å²) >= 11 is 0. The van der Waals surface area contributed by atoms with E-state index in [0.29, 0.717) is 19.1 Å². The Hall–Kier alpha value is -0.970. The highest BCUT2D eigenvalue weighted by molar-refractivity contribution is 5.17. The first-order valence-electron chi connectivity index (χ1n) is 7.78. The SMILES string of the molecule is CCNCC(CCCOCCOC)Cc1ccccc1F. The molecule has 0 aromatic heterocycles. The van der Waals surface area contributed by atoms with Gasteiger partial charge in [0.25, 0.3) is 0 Å². The van der Waals surface area contributed by atoms with Crippen LogP contribution in [-0.2, 0) is 15.9 Å². The predicted octanol–water partition coefficient (Wildman–Crippen LogP) is 3.04. The first kappa shape index (κ1) is 18.1. The number of rotatable bonds is 12. The fourth-order valence-electron chi connectivity index (χ4n) is 2.32. The zero-order valence-corrected chi connectivity index (χ0v) is 13.2. The zero-order valence-electron chi connectivity index (χ0n) is 13.2. The zero-order chi connectivity index (χ0) is 15.3. The van der Waals surface area contributed by atoms with Crippen LogP contribution in [0.5, 0.6) is 0 Å². The third-order valence-corrected chi connectivity index (χ3v) is 3.48. The summed E-state index contributed by atoms with van der Waals surface area (Å²) < 4.78 is 24.2. The van der Waals surface area contributed by atoms with Crippen LogP contribution in [-0.4, -0.2) is 40.0 Å². The molecule has 0 saturated heterocycles. The largest absolute Gasteiger partial charge is 0.382 e. The number of hydrogen-bond donors (Lipinski definition) is 1. The lowest BCUT2D eigenvalue weighted by atomic mass is 9.94. The molecule has 0 radical (unpaired) electrons. The average molecular weight is 297 g/mol. The molecule has 0 saturated carbocycles. The van der Waals surface area contributed by atoms with E-state index >= 15 is 0 Å². The van der Waals surface area contributed by atoms with E-state index in [1.54, 1.807) is 13.2 Å². The van der Waals surface area contributed by atoms with E-state index in [-0.39, 0.29) is 5.82 Å². The van der Waals surface area contributed by atoms with Crippen LogP contribution in [0.1, 0.15) is 25.3 Å². The van der Waals surface area contributed by atoms with Crippen molar-refractivity contribution in [1.82, 2.24) is 5.32 Å². The Morgan fingerprint density at radius 3 is 2.71 bits per heavy atom. The van der Waals surface area contributed by atoms with Gasteiger partial charge in [0.2, 0.25) is 0 Å². The summed E-state index contributed by atoms with van der Waals surface area (Å²) in [6.45, 7) is 5.97. The molecule has 0 aliphatic heterocycles. The first-order chi connectivity index (χ1) is 10.3. The molecule has 0 fully saturated rings. The summed E-state index contributed by atoms with van der Waals surface area (Å²) in [4.78, 5) is 0. The maximum atomic E-state index is 13.7. The van der Waals surface area contributed by atoms with Gasteiger partial charge >= 0.3 is 0 Å². The van der Waals surface area contributed by atoms with E-state index in [9.17, 15) is 4.39 Å². The van der Waals surface area contributed by atoms with Crippen molar-refractivity contribution >= 4 is 0 Å². The molecular weight excluding hydrogens is 269 g/mol. The summed E-state index contributed by atoms with van der Waals surface area (Å²) in [6, 6.07) is 7.05. The number of halogens is 1. The van der Waals surface area contributed by atoms with Gasteiger partial charge in [0.1, 0.15) is 5.82 Å². The molecule has 1 aromatic rings. The molecule has 0 aliphatic rings. The molecule has 0 aliphatic carbocycles. The standard InChI is InChI=1S/C17H28FNO2/c1-3-19-14-15(7-6-10-21-12-11-20-2)13-16-8-4-5-9-17(16)18/h4-5,8-9,15,19H,3,6-7,10-14H2,1-2H3. The number of methoxy groups -OCH3 is 1. The van der Waals surface area contributed by atoms with Crippen molar-refractivity contribution in [2.75, 3.05) is 40.0 Å². The van der Waals surface area contributed by atoms with Gasteiger partial charge in [0.05, 0.1) is 13.2 Å². The van der Waals surface area contributed by atoms with E-state index < -0.39 is 0 Å². The first-order valence-corrected chi connectivity index (χ1v) is 7.78. The van der Waals surface area contributed by atoms with Gasteiger partial charge in [-0.15, -0.1) is 0 Å². The van der Waals surface area contributed by atoms with E-state index in [4.69, 9.17) is 9.47 Å². The highest BCUT2D eigenvalue weighted by Gasteiger charge is 2.11. The van der Waals surface area contributed by atoms with Crippen molar-refractivity contribution in [2.24, 2.45) is 5.92 Å². The van der Waals surface area contributed by atoms with Crippen LogP contribution >= 0.6 is 0 Å². The maximum absolute atomic E-state index is 13.7. The molecular formula is C17H28FNO2. The Morgan fingerprint density at radius 1 is 1.19 bits per heavy atom. The molecule has 1 rings (SSSR count). The van der Waals surface area contributed by atoms with E-state index in [1.165, 1.54) is 6.07 Å². The molecule has 4 heteroatoms. The fourth-order valence-corrected chi connectivity index (χ4v) is 2.32. The Balaban J connectivity index is 2.35. The minimum absolute atomic E-state index is 0.102. The third-order valence-electron chi connectivity index (χ3n) is 3.48. The van der Waals surface area contributed by atoms with Crippen molar-refractivity contribution in [3.05, 3.63) is 35.6 Å². The molecule has 0 heterocycles. The van der Waals surface area contributed by atoms with Crippen LogP contribution in [0, 0.1) is 11.7 Å². The van der Waals surface area contributed by atoms with Crippen LogP contribution in [0.25, 0.3) is 0 Å². The normalized spacial score (nSPS) is 12.5. The van der Waals surface area contributed by atoms with Gasteiger partial charge in [0, 0.05) is 13.7 Å². The molecule has 1 N–H and O–H groups in total. The lowest BCUT2D eigenvalue weighted by Crippen LogP contribution is -2.24. The van der Waals surface area contributed by atoms with Crippen LogP contribution in [0.15, 0.2) is 24.3 Å². The van der Waals surface area contributed by atoms with Gasteiger partial charge in [0.15, 0.2) is 0 Å². The minimum Gasteiger partial charge on any atom is -0.382 e. The van der Waals surface area contributed by atoms with E-state index in [0.717, 1.165) is 44.5 Å². The molecule has 0 amide bonds. The van der Waals surface area contributed by atoms with E-state index in [2.05, 4.69) is 12.2 Å². The quantitative estimate of drug-likeness (QED) is 0.602. The molecule has 3 nitrogen and oxygen atoms in total. The summed E-state index contributed by atoms with van der Waals surface area (Å²) in [5, 5.41) is 3.37. The molecule has 1 unspecified atom stereocenters. The number of ether oxygens (including phenoxy) is 2. The summed E-state index contributed by atoms with van der Waals surface area (Å²) in [5.74, 6) is 0.336. The van der Waals surface area contributed by atoms with Gasteiger partial charge in [-0.05, 0) is 49.9 Å². The highest BCUT2D eigenvalue weighted by atomic mass is 19.1. The van der Waals surface area contributed by atoms with Gasteiger partial charge in [-0.3, -0.25) is 0 Å². The van der Waals surface area contributed by atoms with Gasteiger partial charge in [-0.2, -0.15) is 0 Å². The molecule has 1 aromatic carbocycles. The lowest BCUT2D eigenvalue weighted by Gasteiger charge is -2.18. The van der Waals surface area contributed by atoms with Crippen LogP contribution in [0.2, 0.25) is 0 Å². The number of nitrogens with one attached hydrogen (secondary N) is 1. The van der Waals surface area contributed by atoms with Gasteiger partial charge in [-0.1, -0.05) is 25.1 Å². The summed E-state index contributed by atoms with van der Waals surface area (Å²) in [7, 11) is 1.67. The molecule has 1 atom stereocenters. The minimum atomic E-state index is -0.102. The van der Waals surface area contributed by atoms with Crippen LogP contribution in [0.3, 0.4) is 0 Å². The summed E-state index contributed by atoms with van der Waals surface area (Å²) in [6.07, 6.45) is 2.81. The van der Waals surface area contributed by atoms with Crippen LogP contribution < -0.4 is 5.32 Å². The smallest absolute Gasteiger partial charge is 0.126 e. The van der Waals surface area contributed by atoms with Crippen molar-refractivity contribution in [3.63, 3.8) is 0 Å². The number of benzene rings is 1. The molecule has 21 heavy (non-hydrogen) atoms. The Labute approximate surface area is 127 Å². The van der Waals surface area contributed by atoms with Gasteiger partial charge < -0.3 is 14.8 Å². The lowest BCUT2D eigenvalue weighted by molar-refractivity contribution is 0.0672. The van der Waals surface area contributed by atoms with Gasteiger partial charge in [-0.25, -0.2) is 4.39 Å². The fraction of sp³-hybridized carbons (Fsp3) is 0.647. The Kier molecular flexibility index (Phi) is 10.0. The molecule has 0 spiro atoms. The maximum Gasteiger partial charge on any atom is 0.126 e. The van der Waals surface area contributed by atoms with Crippen LogP contribution in [0.4, 0.5) is 4.39 Å². The second-order valence-electron chi connectivity index (χ2n) is 5.22. The van der Waals surface area contributed by atoms with E-state index in [1.807, 2.05) is 12.1 Å². The summed E-state index contributed by atoms with van der Waals surface area (Å²) in [5.41, 5.74) is 0.806. The Bertz CT molecular complexity index is 374. The topological polar surface area (TPSA) is 30.5 Å². The monoisotopic (exact) mass is 297 g/mol. The second-order valence-corrected chi connectivity index (χ2v) is 5.22. The third kappa shape index (κ3) is 8.15. The predicted molar refractivity (Wildman–Crippen MR) is 84.1 cm³/mol. The molecule has 120 valence electrons. The van der Waals surface area contributed by atoms with Crippen molar-refractivity contribution in [3.8, 4) is 0 Å². The van der Waals surface area contributed by atoms with Crippen molar-refractivity contribution < 1.29 is 13.9 Å². The van der Waals surface area contributed by atoms with Crippen molar-refractivity contribution in [2.45, 2.75) is 26.2 Å². The Morgan fingerprint density at radius 2 is 2.00 bits per heavy atom. The van der Waals surface area contributed by atoms with Crippen molar-refractivity contribution in [1.29, 1.82) is 0 Å². The highest BCUT2D eigenvalue weighted by Crippen LogP contribution is 2.16. The molecule has 0 bridgehead atoms.